The summed E-state index contributed by atoms with van der Waals surface area (Å²) in [4.78, 5) is 2.23. The van der Waals surface area contributed by atoms with Crippen LogP contribution >= 0.6 is 35.3 Å². The van der Waals surface area contributed by atoms with Crippen LogP contribution in [-0.4, -0.2) is 52.7 Å². The van der Waals surface area contributed by atoms with Gasteiger partial charge in [0.1, 0.15) is 11.5 Å². The first-order valence-electron chi connectivity index (χ1n) is 7.13. The summed E-state index contributed by atoms with van der Waals surface area (Å²) in [6.45, 7) is 11.5. The van der Waals surface area contributed by atoms with Crippen LogP contribution in [0.3, 0.4) is 0 Å². The van der Waals surface area contributed by atoms with E-state index in [0.29, 0.717) is 11.5 Å². The number of hydrogen-bond acceptors (Lipinski definition) is 11. The number of aromatic hydroxyl groups is 2. The van der Waals surface area contributed by atoms with Gasteiger partial charge in [-0.1, -0.05) is 6.92 Å². The van der Waals surface area contributed by atoms with Crippen LogP contribution < -0.4 is 59.1 Å². The minimum Gasteiger partial charge on any atom is -0.506 e. The summed E-state index contributed by atoms with van der Waals surface area (Å²) >= 11 is 4.49. The molecule has 156 valence electrons. The summed E-state index contributed by atoms with van der Waals surface area (Å²) in [6.07, 6.45) is 1.03. The van der Waals surface area contributed by atoms with Crippen molar-refractivity contribution in [3.05, 3.63) is 19.4 Å². The normalized spacial score (nSPS) is 8.83. The maximum atomic E-state index is 10.4. The number of hydrogen-bond donors (Lipinski definition) is 2. The van der Waals surface area contributed by atoms with Crippen LogP contribution in [0.1, 0.15) is 18.9 Å². The molecule has 8 nitrogen and oxygen atoms in total. The molecule has 0 spiro atoms. The second-order valence-electron chi connectivity index (χ2n) is 4.26. The summed E-state index contributed by atoms with van der Waals surface area (Å²) < 4.78 is 50.7. The summed E-state index contributed by atoms with van der Waals surface area (Å²) in [5.74, 6) is 2.68. The molecule has 0 heterocycles. The van der Waals surface area contributed by atoms with Gasteiger partial charge in [-0.05, 0) is 19.1 Å². The van der Waals surface area contributed by atoms with Crippen molar-refractivity contribution in [2.24, 2.45) is 0 Å². The van der Waals surface area contributed by atoms with Crippen LogP contribution in [-0.2, 0) is 21.2 Å². The van der Waals surface area contributed by atoms with Crippen molar-refractivity contribution in [1.29, 1.82) is 0 Å². The Kier molecular flexibility index (Phi) is 28.8. The van der Waals surface area contributed by atoms with E-state index >= 15 is 0 Å². The fourth-order valence-electron chi connectivity index (χ4n) is 1.63. The standard InChI is InChI=1S/C14H20O2S3.2Na.2O3S/c1-5-8-19-12-9(4)10(15)13(17-6-2)14(11(12)16)18-7-3;;;2*1-4(2)3/h15-16H,2-3,5-8H2,1,4H3;;;;/q-2;2*+1;;. The molecule has 0 saturated carbocycles. The van der Waals surface area contributed by atoms with E-state index in [0.717, 1.165) is 32.4 Å². The van der Waals surface area contributed by atoms with Crippen molar-refractivity contribution in [2.45, 2.75) is 35.0 Å². The molecule has 1 rings (SSSR count). The molecular formula is C14H20Na2O8S5. The van der Waals surface area contributed by atoms with Crippen LogP contribution in [0.5, 0.6) is 11.5 Å². The topological polar surface area (TPSA) is 143 Å². The molecule has 0 unspecified atom stereocenters. The van der Waals surface area contributed by atoms with E-state index < -0.39 is 21.2 Å². The van der Waals surface area contributed by atoms with Gasteiger partial charge in [0.05, 0.1) is 14.7 Å². The Morgan fingerprint density at radius 2 is 1.10 bits per heavy atom. The van der Waals surface area contributed by atoms with E-state index in [4.69, 9.17) is 25.3 Å². The van der Waals surface area contributed by atoms with Crippen molar-refractivity contribution in [2.75, 3.05) is 17.3 Å². The maximum Gasteiger partial charge on any atom is 1.00 e. The summed E-state index contributed by atoms with van der Waals surface area (Å²) in [7, 11) is -6.22. The van der Waals surface area contributed by atoms with Crippen molar-refractivity contribution >= 4 is 56.5 Å². The van der Waals surface area contributed by atoms with E-state index in [1.807, 2.05) is 6.92 Å². The van der Waals surface area contributed by atoms with Crippen molar-refractivity contribution in [3.8, 4) is 11.5 Å². The molecule has 0 aliphatic rings. The molecule has 15 heteroatoms. The predicted molar refractivity (Wildman–Crippen MR) is 107 cm³/mol. The number of rotatable bonds is 7. The fraction of sp³-hybridized carbons (Fsp3) is 0.429. The Labute approximate surface area is 231 Å². The van der Waals surface area contributed by atoms with Gasteiger partial charge in [0.25, 0.3) is 0 Å². The summed E-state index contributed by atoms with van der Waals surface area (Å²) in [5.41, 5.74) is 0.750. The molecular weight excluding hydrogens is 502 g/mol. The van der Waals surface area contributed by atoms with Gasteiger partial charge in [-0.3, -0.25) is 0 Å². The van der Waals surface area contributed by atoms with Gasteiger partial charge < -0.3 is 24.1 Å². The van der Waals surface area contributed by atoms with Gasteiger partial charge in [-0.2, -0.15) is 23.5 Å². The van der Waals surface area contributed by atoms with Gasteiger partial charge >= 0.3 is 80.3 Å². The molecule has 0 saturated heterocycles. The van der Waals surface area contributed by atoms with E-state index in [1.54, 1.807) is 11.8 Å². The van der Waals surface area contributed by atoms with Gasteiger partial charge in [-0.25, -0.2) is 0 Å². The molecule has 0 aliphatic heterocycles. The van der Waals surface area contributed by atoms with Gasteiger partial charge in [0.15, 0.2) is 0 Å². The Bertz CT molecular complexity index is 771. The van der Waals surface area contributed by atoms with Gasteiger partial charge in [-0.15, -0.1) is 48.5 Å². The number of phenolic OH excluding ortho intramolecular Hbond substituents is 2. The predicted octanol–water partition coefficient (Wildman–Crippen LogP) is -3.24. The van der Waals surface area contributed by atoms with Crippen molar-refractivity contribution in [3.63, 3.8) is 0 Å². The molecule has 0 radical (unpaired) electrons. The third kappa shape index (κ3) is 17.4. The second-order valence-corrected chi connectivity index (χ2v) is 8.40. The van der Waals surface area contributed by atoms with Crippen molar-refractivity contribution in [1.82, 2.24) is 0 Å². The van der Waals surface area contributed by atoms with E-state index in [2.05, 4.69) is 20.8 Å². The Morgan fingerprint density at radius 3 is 1.41 bits per heavy atom. The molecule has 1 aromatic carbocycles. The van der Waals surface area contributed by atoms with E-state index in [9.17, 15) is 10.2 Å². The van der Waals surface area contributed by atoms with Crippen LogP contribution in [0.25, 0.3) is 0 Å². The average molecular weight is 523 g/mol. The zero-order valence-electron chi connectivity index (χ0n) is 16.6. The fourth-order valence-corrected chi connectivity index (χ4v) is 4.40. The zero-order chi connectivity index (χ0) is 21.6. The molecule has 1 aromatic rings. The third-order valence-electron chi connectivity index (χ3n) is 2.49. The van der Waals surface area contributed by atoms with E-state index in [-0.39, 0.29) is 70.6 Å². The molecule has 0 bridgehead atoms. The van der Waals surface area contributed by atoms with Crippen LogP contribution in [0.2, 0.25) is 0 Å². The van der Waals surface area contributed by atoms with Crippen LogP contribution in [0.15, 0.2) is 14.7 Å². The van der Waals surface area contributed by atoms with Crippen LogP contribution in [0.4, 0.5) is 0 Å². The molecule has 0 amide bonds. The molecule has 0 aliphatic carbocycles. The molecule has 0 aromatic heterocycles. The minimum absolute atomic E-state index is 0. The summed E-state index contributed by atoms with van der Waals surface area (Å²) in [5, 5.41) is 20.8. The molecule has 0 fully saturated rings. The third-order valence-corrected chi connectivity index (χ3v) is 5.80. The minimum atomic E-state index is -3.11. The maximum absolute atomic E-state index is 10.4. The average Bonchev–Trinajstić information content (AvgIpc) is 2.55. The van der Waals surface area contributed by atoms with E-state index in [1.165, 1.54) is 23.5 Å². The SMILES string of the molecule is O=S(=O)=O.O=S(=O)=O.[CH2-]CSc1c(O)c(C)c(SCCC)c(O)c1SC[CH2-].[Na+].[Na+]. The smallest absolute Gasteiger partial charge is 0.506 e. The number of thioether (sulfide) groups is 3. The quantitative estimate of drug-likeness (QED) is 0.161. The number of phenols is 2. The zero-order valence-corrected chi connectivity index (χ0v) is 24.7. The molecule has 29 heavy (non-hydrogen) atoms. The second kappa shape index (κ2) is 22.3. The largest absolute Gasteiger partial charge is 1.00 e. The first kappa shape index (κ1) is 37.4. The Balaban J connectivity index is -0.000000267. The number of benzene rings is 1. The Morgan fingerprint density at radius 1 is 0.759 bits per heavy atom. The first-order valence-corrected chi connectivity index (χ1v) is 12.1. The van der Waals surface area contributed by atoms with Crippen LogP contribution in [0, 0.1) is 20.8 Å². The molecule has 0 atom stereocenters. The van der Waals surface area contributed by atoms with Gasteiger partial charge in [0, 0.05) is 5.56 Å². The molecule has 2 N–H and O–H groups in total. The first-order chi connectivity index (χ1) is 12.5. The van der Waals surface area contributed by atoms with Crippen molar-refractivity contribution < 1.29 is 94.6 Å². The summed E-state index contributed by atoms with van der Waals surface area (Å²) in [6, 6.07) is 0. The monoisotopic (exact) mass is 522 g/mol. The van der Waals surface area contributed by atoms with Gasteiger partial charge in [0.2, 0.25) is 0 Å². The Hall–Kier alpha value is 1.11.